The van der Waals surface area contributed by atoms with Gasteiger partial charge < -0.3 is 0 Å². The van der Waals surface area contributed by atoms with Crippen molar-refractivity contribution in [3.63, 3.8) is 0 Å². The van der Waals surface area contributed by atoms with Crippen molar-refractivity contribution in [3.8, 4) is 0 Å². The lowest BCUT2D eigenvalue weighted by atomic mass is 10.3. The molecule has 19 heavy (non-hydrogen) atoms. The van der Waals surface area contributed by atoms with E-state index in [-0.39, 0.29) is 5.69 Å². The van der Waals surface area contributed by atoms with Crippen LogP contribution in [0.2, 0.25) is 0 Å². The van der Waals surface area contributed by atoms with Crippen molar-refractivity contribution in [2.24, 2.45) is 4.99 Å². The largest absolute Gasteiger partial charge is 0.276 e. The zero-order valence-corrected chi connectivity index (χ0v) is 10.6. The number of sulfonamides is 1. The summed E-state index contributed by atoms with van der Waals surface area (Å²) < 4.78 is 62.7. The molecule has 2 rings (SSSR count). The Balaban J connectivity index is 2.47. The molecule has 0 N–H and O–H groups in total. The van der Waals surface area contributed by atoms with Gasteiger partial charge in [-0.05, 0) is 12.1 Å². The summed E-state index contributed by atoms with van der Waals surface area (Å²) in [7, 11) is -4.02. The molecule has 1 aliphatic heterocycles. The normalized spacial score (nSPS) is 20.5. The van der Waals surface area contributed by atoms with Crippen LogP contribution >= 0.6 is 0 Å². The molecule has 0 saturated heterocycles. The molecule has 9 heteroatoms. The van der Waals surface area contributed by atoms with Crippen LogP contribution in [-0.2, 0) is 10.0 Å². The first-order chi connectivity index (χ1) is 8.82. The molecule has 0 amide bonds. The molecule has 0 aromatic heterocycles. The maximum absolute atomic E-state index is 13.6. The molecule has 0 aliphatic carbocycles. The van der Waals surface area contributed by atoms with E-state index in [1.165, 1.54) is 18.2 Å². The Hall–Kier alpha value is -1.61. The van der Waals surface area contributed by atoms with Crippen LogP contribution in [0.25, 0.3) is 0 Å². The Kier molecular flexibility index (Phi) is 3.50. The Morgan fingerprint density at radius 1 is 1.32 bits per heavy atom. The van der Waals surface area contributed by atoms with Crippen LogP contribution in [0.5, 0.6) is 0 Å². The molecule has 0 fully saturated rings. The molecule has 1 aromatic rings. The Morgan fingerprint density at radius 3 is 2.47 bits per heavy atom. The third-order valence-electron chi connectivity index (χ3n) is 2.43. The zero-order valence-electron chi connectivity index (χ0n) is 9.74. The lowest BCUT2D eigenvalue weighted by Crippen LogP contribution is -2.48. The van der Waals surface area contributed by atoms with Gasteiger partial charge in [-0.25, -0.2) is 31.6 Å². The van der Waals surface area contributed by atoms with Crippen LogP contribution in [0.15, 0.2) is 29.3 Å². The summed E-state index contributed by atoms with van der Waals surface area (Å²) in [6.45, 7) is 0. The van der Waals surface area contributed by atoms with E-state index in [0.717, 1.165) is 23.7 Å². The summed E-state index contributed by atoms with van der Waals surface area (Å²) in [5.41, 5.74) is -0.167. The molecule has 0 saturated carbocycles. The maximum atomic E-state index is 13.6. The van der Waals surface area contributed by atoms with E-state index < -0.39 is 28.4 Å². The van der Waals surface area contributed by atoms with Crippen LogP contribution in [0.3, 0.4) is 0 Å². The molecule has 5 nitrogen and oxygen atoms in total. The van der Waals surface area contributed by atoms with Gasteiger partial charge in [0.25, 0.3) is 6.43 Å². The molecular weight excluding hydrogens is 283 g/mol. The number of rotatable bonds is 3. The van der Waals surface area contributed by atoms with Gasteiger partial charge in [0.2, 0.25) is 10.0 Å². The number of anilines is 1. The number of hydrogen-bond acceptors (Lipinski definition) is 4. The predicted octanol–water partition coefficient (Wildman–Crippen LogP) is 1.44. The number of hydrogen-bond donors (Lipinski definition) is 0. The molecule has 1 unspecified atom stereocenters. The average Bonchev–Trinajstić information content (AvgIpc) is 2.73. The molecule has 1 heterocycles. The summed E-state index contributed by atoms with van der Waals surface area (Å²) in [6.07, 6.45) is -3.27. The highest BCUT2D eigenvalue weighted by Crippen LogP contribution is 2.28. The van der Waals surface area contributed by atoms with Crippen LogP contribution in [0, 0.1) is 5.82 Å². The molecule has 1 aromatic carbocycles. The van der Waals surface area contributed by atoms with E-state index >= 15 is 0 Å². The van der Waals surface area contributed by atoms with Crippen LogP contribution < -0.4 is 5.01 Å². The van der Waals surface area contributed by atoms with Gasteiger partial charge in [0, 0.05) is 0 Å². The van der Waals surface area contributed by atoms with Crippen molar-refractivity contribution < 1.29 is 21.6 Å². The van der Waals surface area contributed by atoms with Crippen molar-refractivity contribution in [1.82, 2.24) is 4.41 Å². The fourth-order valence-corrected chi connectivity index (χ4v) is 2.68. The SMILES string of the molecule is CS(=O)(=O)N1C(C(F)F)N=CN1c1ccccc1F. The topological polar surface area (TPSA) is 53.0 Å². The highest BCUT2D eigenvalue weighted by Gasteiger charge is 2.42. The summed E-state index contributed by atoms with van der Waals surface area (Å²) in [6, 6.07) is 5.23. The lowest BCUT2D eigenvalue weighted by Gasteiger charge is -2.29. The van der Waals surface area contributed by atoms with E-state index in [9.17, 15) is 21.6 Å². The summed E-state index contributed by atoms with van der Waals surface area (Å²) in [4.78, 5) is 3.41. The highest BCUT2D eigenvalue weighted by atomic mass is 32.2. The number of hydrazine groups is 1. The van der Waals surface area contributed by atoms with Gasteiger partial charge in [0.15, 0.2) is 6.17 Å². The van der Waals surface area contributed by atoms with Gasteiger partial charge in [0.05, 0.1) is 11.9 Å². The fraction of sp³-hybridized carbons (Fsp3) is 0.300. The second-order valence-electron chi connectivity index (χ2n) is 3.84. The molecular formula is C10H10F3N3O2S. The average molecular weight is 293 g/mol. The lowest BCUT2D eigenvalue weighted by molar-refractivity contribution is 0.0746. The third kappa shape index (κ3) is 2.56. The van der Waals surface area contributed by atoms with E-state index in [2.05, 4.69) is 4.99 Å². The molecule has 1 aliphatic rings. The Bertz CT molecular complexity index is 606. The van der Waals surface area contributed by atoms with Crippen molar-refractivity contribution in [1.29, 1.82) is 0 Å². The van der Waals surface area contributed by atoms with Crippen LogP contribution in [0.4, 0.5) is 18.9 Å². The number of halogens is 3. The Labute approximate surface area is 108 Å². The van der Waals surface area contributed by atoms with Gasteiger partial charge in [-0.2, -0.15) is 0 Å². The van der Waals surface area contributed by atoms with Gasteiger partial charge in [-0.15, -0.1) is 0 Å². The number of alkyl halides is 2. The fourth-order valence-electron chi connectivity index (χ4n) is 1.69. The smallest absolute Gasteiger partial charge is 0.246 e. The second kappa shape index (κ2) is 4.82. The van der Waals surface area contributed by atoms with Crippen molar-refractivity contribution >= 4 is 22.0 Å². The third-order valence-corrected chi connectivity index (χ3v) is 3.50. The highest BCUT2D eigenvalue weighted by molar-refractivity contribution is 7.88. The number of benzene rings is 1. The molecule has 104 valence electrons. The van der Waals surface area contributed by atoms with Gasteiger partial charge >= 0.3 is 0 Å². The zero-order chi connectivity index (χ0) is 14.2. The Morgan fingerprint density at radius 2 is 1.95 bits per heavy atom. The summed E-state index contributed by atoms with van der Waals surface area (Å²) in [5, 5.41) is 0.765. The first-order valence-corrected chi connectivity index (χ1v) is 7.01. The number of aliphatic imine (C=N–C) groups is 1. The quantitative estimate of drug-likeness (QED) is 0.847. The van der Waals surface area contributed by atoms with Gasteiger partial charge in [-0.1, -0.05) is 16.5 Å². The van der Waals surface area contributed by atoms with Crippen molar-refractivity contribution in [3.05, 3.63) is 30.1 Å². The minimum Gasteiger partial charge on any atom is -0.246 e. The minimum absolute atomic E-state index is 0.167. The molecule has 0 bridgehead atoms. The predicted molar refractivity (Wildman–Crippen MR) is 63.8 cm³/mol. The van der Waals surface area contributed by atoms with Crippen LogP contribution in [-0.4, -0.2) is 38.0 Å². The standard InChI is InChI=1S/C10H10F3N3O2S/c1-19(17,18)16-10(9(12)13)14-6-15(16)8-5-3-2-4-7(8)11/h2-6,9-10H,1H3. The summed E-state index contributed by atoms with van der Waals surface area (Å²) in [5.74, 6) is -0.738. The maximum Gasteiger partial charge on any atom is 0.276 e. The molecule has 1 atom stereocenters. The van der Waals surface area contributed by atoms with Gasteiger partial charge in [-0.3, -0.25) is 0 Å². The minimum atomic E-state index is -4.02. The van der Waals surface area contributed by atoms with Crippen LogP contribution in [0.1, 0.15) is 0 Å². The molecule has 0 spiro atoms. The van der Waals surface area contributed by atoms with Crippen molar-refractivity contribution in [2.45, 2.75) is 12.6 Å². The number of nitrogens with zero attached hydrogens (tertiary/aromatic N) is 3. The molecule has 0 radical (unpaired) electrons. The van der Waals surface area contributed by atoms with E-state index in [1.54, 1.807) is 0 Å². The monoisotopic (exact) mass is 293 g/mol. The van der Waals surface area contributed by atoms with E-state index in [4.69, 9.17) is 0 Å². The van der Waals surface area contributed by atoms with Gasteiger partial charge in [0.1, 0.15) is 12.2 Å². The van der Waals surface area contributed by atoms with Crippen molar-refractivity contribution in [2.75, 3.05) is 11.3 Å². The van der Waals surface area contributed by atoms with E-state index in [0.29, 0.717) is 4.41 Å². The first kappa shape index (κ1) is 13.8. The van der Waals surface area contributed by atoms with E-state index in [1.807, 2.05) is 0 Å². The summed E-state index contributed by atoms with van der Waals surface area (Å²) >= 11 is 0. The number of para-hydroxylation sites is 1. The first-order valence-electron chi connectivity index (χ1n) is 5.17. The second-order valence-corrected chi connectivity index (χ2v) is 5.68.